The van der Waals surface area contributed by atoms with Crippen LogP contribution in [0.1, 0.15) is 17.7 Å². The van der Waals surface area contributed by atoms with Crippen LogP contribution in [-0.4, -0.2) is 38.4 Å². The second-order valence-corrected chi connectivity index (χ2v) is 7.24. The fraction of sp³-hybridized carbons (Fsp3) is 0.333. The van der Waals surface area contributed by atoms with E-state index in [1.54, 1.807) is 23.5 Å². The quantitative estimate of drug-likeness (QED) is 0.794. The van der Waals surface area contributed by atoms with Crippen LogP contribution in [0.2, 0.25) is 0 Å². The van der Waals surface area contributed by atoms with E-state index in [4.69, 9.17) is 0 Å². The zero-order chi connectivity index (χ0) is 16.5. The number of carbonyl (C=O) groups is 1. The number of nitrogens with zero attached hydrogens (tertiary/aromatic N) is 3. The van der Waals surface area contributed by atoms with Crippen LogP contribution in [0.3, 0.4) is 0 Å². The van der Waals surface area contributed by atoms with Crippen LogP contribution in [0.4, 0.5) is 0 Å². The third kappa shape index (κ3) is 3.14. The van der Waals surface area contributed by atoms with Crippen molar-refractivity contribution in [2.45, 2.75) is 19.3 Å². The Morgan fingerprint density at radius 1 is 1.33 bits per heavy atom. The smallest absolute Gasteiger partial charge is 0.228 e. The molecular formula is C18H19N3O2S. The molecule has 3 heterocycles. The van der Waals surface area contributed by atoms with Crippen molar-refractivity contribution in [3.63, 3.8) is 0 Å². The van der Waals surface area contributed by atoms with Crippen LogP contribution in [0.15, 0.2) is 42.0 Å². The number of carbonyl (C=O) groups excluding carboxylic acids is 1. The monoisotopic (exact) mass is 341 g/mol. The molecule has 1 saturated heterocycles. The third-order valence-corrected chi connectivity index (χ3v) is 5.35. The number of likely N-dealkylation sites (tertiary alicyclic amines) is 1. The number of imidazole rings is 1. The summed E-state index contributed by atoms with van der Waals surface area (Å²) in [4.78, 5) is 19.9. The molecular weight excluding hydrogens is 322 g/mol. The molecule has 3 aromatic rings. The van der Waals surface area contributed by atoms with Crippen molar-refractivity contribution in [3.8, 4) is 5.75 Å². The van der Waals surface area contributed by atoms with Crippen LogP contribution in [0, 0.1) is 5.92 Å². The molecule has 0 spiro atoms. The number of hydrogen-bond acceptors (Lipinski definition) is 4. The van der Waals surface area contributed by atoms with E-state index >= 15 is 0 Å². The molecule has 1 amide bonds. The van der Waals surface area contributed by atoms with Gasteiger partial charge in [-0.25, -0.2) is 4.98 Å². The molecule has 0 saturated carbocycles. The first-order chi connectivity index (χ1) is 11.7. The summed E-state index contributed by atoms with van der Waals surface area (Å²) in [5, 5.41) is 11.3. The van der Waals surface area contributed by atoms with Gasteiger partial charge in [0.05, 0.1) is 12.1 Å². The van der Waals surface area contributed by atoms with Crippen molar-refractivity contribution in [1.82, 2.24) is 14.3 Å². The van der Waals surface area contributed by atoms with Crippen molar-refractivity contribution in [2.24, 2.45) is 5.92 Å². The second-order valence-electron chi connectivity index (χ2n) is 6.37. The molecule has 5 nitrogen and oxygen atoms in total. The van der Waals surface area contributed by atoms with Gasteiger partial charge in [-0.1, -0.05) is 12.1 Å². The molecule has 0 radical (unpaired) electrons. The van der Waals surface area contributed by atoms with Gasteiger partial charge < -0.3 is 10.0 Å². The Kier molecular flexibility index (Phi) is 3.98. The Morgan fingerprint density at radius 2 is 2.17 bits per heavy atom. The Bertz CT molecular complexity index is 824. The van der Waals surface area contributed by atoms with Gasteiger partial charge in [-0.15, -0.1) is 11.3 Å². The Labute approximate surface area is 144 Å². The first kappa shape index (κ1) is 15.2. The first-order valence-electron chi connectivity index (χ1n) is 8.14. The lowest BCUT2D eigenvalue weighted by Crippen LogP contribution is -2.30. The molecule has 1 unspecified atom stereocenters. The summed E-state index contributed by atoms with van der Waals surface area (Å²) in [6.07, 6.45) is 6.26. The summed E-state index contributed by atoms with van der Waals surface area (Å²) in [6.45, 7) is 1.63. The number of amides is 1. The maximum Gasteiger partial charge on any atom is 0.228 e. The Balaban J connectivity index is 1.34. The van der Waals surface area contributed by atoms with Crippen molar-refractivity contribution in [1.29, 1.82) is 0 Å². The third-order valence-electron chi connectivity index (χ3n) is 4.57. The van der Waals surface area contributed by atoms with Gasteiger partial charge in [-0.2, -0.15) is 0 Å². The van der Waals surface area contributed by atoms with Crippen LogP contribution < -0.4 is 0 Å². The van der Waals surface area contributed by atoms with E-state index in [0.29, 0.717) is 18.1 Å². The minimum absolute atomic E-state index is 0.161. The molecule has 24 heavy (non-hydrogen) atoms. The van der Waals surface area contributed by atoms with Gasteiger partial charge in [0, 0.05) is 30.9 Å². The highest BCUT2D eigenvalue weighted by Gasteiger charge is 2.26. The molecule has 1 aliphatic rings. The maximum atomic E-state index is 12.5. The van der Waals surface area contributed by atoms with E-state index in [-0.39, 0.29) is 5.91 Å². The predicted molar refractivity (Wildman–Crippen MR) is 93.3 cm³/mol. The fourth-order valence-corrected chi connectivity index (χ4v) is 4.04. The number of phenolic OH excluding ortho intramolecular Hbond substituents is 1. The molecule has 4 rings (SSSR count). The second kappa shape index (κ2) is 6.28. The number of fused-ring (bicyclic) bond motifs is 1. The number of aromatic hydroxyl groups is 1. The first-order valence-corrected chi connectivity index (χ1v) is 9.02. The molecule has 124 valence electrons. The summed E-state index contributed by atoms with van der Waals surface area (Å²) in [5.74, 6) is 0.944. The van der Waals surface area contributed by atoms with Gasteiger partial charge in [0.2, 0.25) is 5.91 Å². The highest BCUT2D eigenvalue weighted by Crippen LogP contribution is 2.23. The van der Waals surface area contributed by atoms with E-state index in [1.807, 2.05) is 39.2 Å². The lowest BCUT2D eigenvalue weighted by Gasteiger charge is -2.16. The molecule has 0 bridgehead atoms. The molecule has 0 aliphatic carbocycles. The summed E-state index contributed by atoms with van der Waals surface area (Å²) in [5.41, 5.74) is 2.05. The molecule has 1 aromatic carbocycles. The molecule has 1 aliphatic heterocycles. The Hall–Kier alpha value is -2.34. The molecule has 1 fully saturated rings. The van der Waals surface area contributed by atoms with Crippen LogP contribution >= 0.6 is 11.3 Å². The number of phenols is 1. The van der Waals surface area contributed by atoms with Crippen molar-refractivity contribution in [3.05, 3.63) is 53.3 Å². The minimum atomic E-state index is 0.161. The molecule has 6 heteroatoms. The predicted octanol–water partition coefficient (Wildman–Crippen LogP) is 2.74. The standard InChI is InChI=1S/C18H19N3O2S/c22-16-3-1-13(2-4-16)9-14-5-6-20(11-14)17(23)10-15-12-21-7-8-24-18(21)19-15/h1-4,7-8,12,14,22H,5-6,9-11H2. The molecule has 1 atom stereocenters. The van der Waals surface area contributed by atoms with Gasteiger partial charge >= 0.3 is 0 Å². The van der Waals surface area contributed by atoms with Crippen molar-refractivity contribution < 1.29 is 9.90 Å². The lowest BCUT2D eigenvalue weighted by atomic mass is 9.99. The van der Waals surface area contributed by atoms with Crippen molar-refractivity contribution >= 4 is 22.2 Å². The van der Waals surface area contributed by atoms with Gasteiger partial charge in [-0.05, 0) is 36.5 Å². The highest BCUT2D eigenvalue weighted by molar-refractivity contribution is 7.15. The average molecular weight is 341 g/mol. The maximum absolute atomic E-state index is 12.5. The SMILES string of the molecule is O=C(Cc1cn2ccsc2n1)N1CCC(Cc2ccc(O)cc2)C1. The van der Waals surface area contributed by atoms with E-state index < -0.39 is 0 Å². The zero-order valence-corrected chi connectivity index (χ0v) is 14.1. The summed E-state index contributed by atoms with van der Waals surface area (Å²) >= 11 is 1.58. The molecule has 1 N–H and O–H groups in total. The van der Waals surface area contributed by atoms with Crippen LogP contribution in [0.25, 0.3) is 4.96 Å². The largest absolute Gasteiger partial charge is 0.508 e. The number of thiazole rings is 1. The van der Waals surface area contributed by atoms with Gasteiger partial charge in [-0.3, -0.25) is 9.20 Å². The highest BCUT2D eigenvalue weighted by atomic mass is 32.1. The number of benzene rings is 1. The van der Waals surface area contributed by atoms with E-state index in [0.717, 1.165) is 36.6 Å². The molecule has 2 aromatic heterocycles. The average Bonchev–Trinajstić information content (AvgIpc) is 3.25. The zero-order valence-electron chi connectivity index (χ0n) is 13.3. The number of hydrogen-bond donors (Lipinski definition) is 1. The fourth-order valence-electron chi connectivity index (χ4n) is 3.32. The lowest BCUT2D eigenvalue weighted by molar-refractivity contribution is -0.129. The summed E-state index contributed by atoms with van der Waals surface area (Å²) < 4.78 is 1.96. The van der Waals surface area contributed by atoms with E-state index in [2.05, 4.69) is 4.98 Å². The normalized spacial score (nSPS) is 17.7. The number of aromatic nitrogens is 2. The number of rotatable bonds is 4. The van der Waals surface area contributed by atoms with Crippen molar-refractivity contribution in [2.75, 3.05) is 13.1 Å². The minimum Gasteiger partial charge on any atom is -0.508 e. The summed E-state index contributed by atoms with van der Waals surface area (Å²) in [7, 11) is 0. The summed E-state index contributed by atoms with van der Waals surface area (Å²) in [6, 6.07) is 7.35. The Morgan fingerprint density at radius 3 is 2.96 bits per heavy atom. The van der Waals surface area contributed by atoms with Gasteiger partial charge in [0.15, 0.2) is 4.96 Å². The van der Waals surface area contributed by atoms with Gasteiger partial charge in [0.25, 0.3) is 0 Å². The van der Waals surface area contributed by atoms with E-state index in [1.165, 1.54) is 5.56 Å². The van der Waals surface area contributed by atoms with Crippen LogP contribution in [0.5, 0.6) is 5.75 Å². The topological polar surface area (TPSA) is 57.8 Å². The van der Waals surface area contributed by atoms with Crippen LogP contribution in [-0.2, 0) is 17.6 Å². The van der Waals surface area contributed by atoms with Gasteiger partial charge in [0.1, 0.15) is 5.75 Å². The van der Waals surface area contributed by atoms with E-state index in [9.17, 15) is 9.90 Å².